The van der Waals surface area contributed by atoms with Gasteiger partial charge in [-0.25, -0.2) is 0 Å². The fraction of sp³-hybridized carbons (Fsp3) is 0.452. The van der Waals surface area contributed by atoms with Crippen molar-refractivity contribution in [3.63, 3.8) is 0 Å². The number of likely N-dealkylation sites (tertiary alicyclic amines) is 1. The van der Waals surface area contributed by atoms with Crippen LogP contribution >= 0.6 is 12.2 Å². The van der Waals surface area contributed by atoms with Crippen LogP contribution in [-0.4, -0.2) is 33.7 Å². The molecule has 0 atom stereocenters. The summed E-state index contributed by atoms with van der Waals surface area (Å²) in [5.41, 5.74) is 5.54. The highest BCUT2D eigenvalue weighted by molar-refractivity contribution is 7.71. The SMILES string of the molecule is Cc1ccc(C(CCCN2CCC(n3c4c(n(C)c3=S)=CCCC=4)CC2)c2ccc(C)cc2)cc1. The first kappa shape index (κ1) is 24.3. The van der Waals surface area contributed by atoms with Crippen molar-refractivity contribution in [2.24, 2.45) is 7.05 Å². The van der Waals surface area contributed by atoms with Crippen LogP contribution in [0.5, 0.6) is 0 Å². The van der Waals surface area contributed by atoms with Gasteiger partial charge in [0, 0.05) is 32.1 Å². The molecule has 4 heteroatoms. The fourth-order valence-corrected chi connectivity index (χ4v) is 6.29. The van der Waals surface area contributed by atoms with Crippen LogP contribution in [0, 0.1) is 18.6 Å². The lowest BCUT2D eigenvalue weighted by atomic mass is 9.86. The van der Waals surface area contributed by atoms with Gasteiger partial charge in [-0.05, 0) is 82.3 Å². The van der Waals surface area contributed by atoms with Crippen LogP contribution in [0.1, 0.15) is 72.7 Å². The van der Waals surface area contributed by atoms with Crippen molar-refractivity contribution in [1.29, 1.82) is 0 Å². The Labute approximate surface area is 215 Å². The molecule has 0 N–H and O–H groups in total. The Morgan fingerprint density at radius 3 is 1.94 bits per heavy atom. The average molecular weight is 486 g/mol. The quantitative estimate of drug-likeness (QED) is 0.394. The highest BCUT2D eigenvalue weighted by Gasteiger charge is 2.23. The summed E-state index contributed by atoms with van der Waals surface area (Å²) in [5, 5.41) is 2.68. The molecule has 0 radical (unpaired) electrons. The van der Waals surface area contributed by atoms with Crippen molar-refractivity contribution in [1.82, 2.24) is 14.0 Å². The summed E-state index contributed by atoms with van der Waals surface area (Å²) in [4.78, 5) is 2.67. The van der Waals surface area contributed by atoms with E-state index < -0.39 is 0 Å². The predicted molar refractivity (Wildman–Crippen MR) is 150 cm³/mol. The molecule has 2 aliphatic rings. The monoisotopic (exact) mass is 485 g/mol. The molecule has 1 aromatic heterocycles. The minimum atomic E-state index is 0.467. The van der Waals surface area contributed by atoms with E-state index in [0.29, 0.717) is 12.0 Å². The largest absolute Gasteiger partial charge is 0.320 e. The molecule has 35 heavy (non-hydrogen) atoms. The van der Waals surface area contributed by atoms with Crippen LogP contribution in [0.4, 0.5) is 0 Å². The molecule has 3 aromatic rings. The van der Waals surface area contributed by atoms with Gasteiger partial charge in [0.1, 0.15) is 0 Å². The smallest absolute Gasteiger partial charge is 0.180 e. The maximum absolute atomic E-state index is 5.85. The molecule has 0 saturated carbocycles. The molecule has 0 bridgehead atoms. The molecule has 1 saturated heterocycles. The summed E-state index contributed by atoms with van der Waals surface area (Å²) in [6, 6.07) is 18.8. The molecule has 1 aliphatic carbocycles. The summed E-state index contributed by atoms with van der Waals surface area (Å²) in [7, 11) is 2.13. The summed E-state index contributed by atoms with van der Waals surface area (Å²) in [6.07, 6.45) is 11.8. The number of nitrogens with zero attached hydrogens (tertiary/aromatic N) is 3. The zero-order valence-electron chi connectivity index (χ0n) is 21.5. The van der Waals surface area contributed by atoms with E-state index in [9.17, 15) is 0 Å². The lowest BCUT2D eigenvalue weighted by Gasteiger charge is -2.33. The van der Waals surface area contributed by atoms with Crippen molar-refractivity contribution >= 4 is 24.4 Å². The Kier molecular flexibility index (Phi) is 7.40. The first-order chi connectivity index (χ1) is 17.0. The van der Waals surface area contributed by atoms with Gasteiger partial charge in [0.15, 0.2) is 4.77 Å². The molecule has 3 nitrogen and oxygen atoms in total. The van der Waals surface area contributed by atoms with E-state index >= 15 is 0 Å². The number of fused-ring (bicyclic) bond motifs is 1. The van der Waals surface area contributed by atoms with Crippen LogP contribution in [0.2, 0.25) is 0 Å². The van der Waals surface area contributed by atoms with Crippen molar-refractivity contribution in [3.8, 4) is 0 Å². The van der Waals surface area contributed by atoms with Gasteiger partial charge in [-0.1, -0.05) is 71.8 Å². The van der Waals surface area contributed by atoms with Crippen LogP contribution in [-0.2, 0) is 7.05 Å². The standard InChI is InChI=1S/C31H39N3S/c1-23-10-14-25(15-11-23)28(26-16-12-24(2)13-17-26)7-6-20-33-21-18-27(19-22-33)34-30-9-5-4-8-29(30)32(3)31(34)35/h8-17,27-28H,4-7,18-22H2,1-3H3. The second kappa shape index (κ2) is 10.7. The second-order valence-corrected chi connectivity index (χ2v) is 10.9. The molecule has 0 spiro atoms. The van der Waals surface area contributed by atoms with Crippen molar-refractivity contribution in [2.45, 2.75) is 64.3 Å². The normalized spacial score (nSPS) is 16.7. The van der Waals surface area contributed by atoms with Gasteiger partial charge in [0.2, 0.25) is 0 Å². The molecular weight excluding hydrogens is 446 g/mol. The number of imidazole rings is 1. The van der Waals surface area contributed by atoms with E-state index in [4.69, 9.17) is 12.2 Å². The Balaban J connectivity index is 1.22. The zero-order chi connectivity index (χ0) is 24.4. The minimum absolute atomic E-state index is 0.467. The zero-order valence-corrected chi connectivity index (χ0v) is 22.4. The maximum atomic E-state index is 5.85. The summed E-state index contributed by atoms with van der Waals surface area (Å²) in [6.45, 7) is 7.85. The van der Waals surface area contributed by atoms with Gasteiger partial charge in [-0.2, -0.15) is 0 Å². The topological polar surface area (TPSA) is 13.1 Å². The number of piperidine rings is 1. The van der Waals surface area contributed by atoms with E-state index in [-0.39, 0.29) is 0 Å². The molecule has 0 unspecified atom stereocenters. The predicted octanol–water partition coefficient (Wildman–Crippen LogP) is 5.78. The van der Waals surface area contributed by atoms with E-state index in [2.05, 4.69) is 95.6 Å². The van der Waals surface area contributed by atoms with Crippen molar-refractivity contribution < 1.29 is 0 Å². The Morgan fingerprint density at radius 2 is 1.37 bits per heavy atom. The highest BCUT2D eigenvalue weighted by atomic mass is 32.1. The number of hydrogen-bond acceptors (Lipinski definition) is 2. The summed E-state index contributed by atoms with van der Waals surface area (Å²) < 4.78 is 5.66. The summed E-state index contributed by atoms with van der Waals surface area (Å²) in [5.74, 6) is 0.467. The van der Waals surface area contributed by atoms with Gasteiger partial charge < -0.3 is 14.0 Å². The Bertz CT molecular complexity index is 1270. The van der Waals surface area contributed by atoms with E-state index in [1.807, 2.05) is 0 Å². The van der Waals surface area contributed by atoms with Crippen LogP contribution < -0.4 is 10.7 Å². The first-order valence-electron chi connectivity index (χ1n) is 13.3. The fourth-order valence-electron chi connectivity index (χ4n) is 5.94. The number of aromatic nitrogens is 2. The number of hydrogen-bond donors (Lipinski definition) is 0. The Hall–Kier alpha value is -2.43. The third-order valence-electron chi connectivity index (χ3n) is 8.07. The van der Waals surface area contributed by atoms with Crippen LogP contribution in [0.15, 0.2) is 48.5 Å². The molecule has 2 aromatic carbocycles. The Morgan fingerprint density at radius 1 is 0.829 bits per heavy atom. The van der Waals surface area contributed by atoms with Gasteiger partial charge in [0.05, 0.1) is 10.7 Å². The summed E-state index contributed by atoms with van der Waals surface area (Å²) >= 11 is 5.85. The number of aryl methyl sites for hydroxylation is 2. The van der Waals surface area contributed by atoms with Gasteiger partial charge >= 0.3 is 0 Å². The van der Waals surface area contributed by atoms with E-state index in [1.54, 1.807) is 0 Å². The maximum Gasteiger partial charge on any atom is 0.180 e. The number of rotatable bonds is 7. The van der Waals surface area contributed by atoms with Crippen LogP contribution in [0.25, 0.3) is 12.2 Å². The first-order valence-corrected chi connectivity index (χ1v) is 13.7. The minimum Gasteiger partial charge on any atom is -0.320 e. The molecule has 184 valence electrons. The van der Waals surface area contributed by atoms with Gasteiger partial charge in [0.25, 0.3) is 0 Å². The second-order valence-electron chi connectivity index (χ2n) is 10.6. The molecule has 2 heterocycles. The van der Waals surface area contributed by atoms with Crippen molar-refractivity contribution in [3.05, 3.63) is 86.3 Å². The van der Waals surface area contributed by atoms with Crippen LogP contribution in [0.3, 0.4) is 0 Å². The molecule has 0 amide bonds. The van der Waals surface area contributed by atoms with Crippen molar-refractivity contribution in [2.75, 3.05) is 19.6 Å². The third kappa shape index (κ3) is 5.24. The third-order valence-corrected chi connectivity index (χ3v) is 8.54. The highest BCUT2D eigenvalue weighted by Crippen LogP contribution is 2.30. The van der Waals surface area contributed by atoms with Gasteiger partial charge in [-0.15, -0.1) is 0 Å². The van der Waals surface area contributed by atoms with E-state index in [1.165, 1.54) is 78.3 Å². The lowest BCUT2D eigenvalue weighted by Crippen LogP contribution is -2.40. The molecule has 5 rings (SSSR count). The van der Waals surface area contributed by atoms with Gasteiger partial charge in [-0.3, -0.25) is 0 Å². The average Bonchev–Trinajstić information content (AvgIpc) is 3.14. The van der Waals surface area contributed by atoms with E-state index in [0.717, 1.165) is 17.6 Å². The molecular formula is C31H39N3S. The molecule has 1 fully saturated rings. The lowest BCUT2D eigenvalue weighted by molar-refractivity contribution is 0.181. The molecule has 1 aliphatic heterocycles. The number of benzene rings is 2.